The Morgan fingerprint density at radius 3 is 1.29 bits per heavy atom. The standard InChI is InChI=1S/C18H20N2O12S2/c21-9-3-1-5-11(33(27,28)29)13(9)15(17(23)24)19-7-8-20-16(18(25)26)14-10(22)4-2-6-12(14)34(30,31)32/h1-6,15-16,19-22H,7-8H2,(H,23,24)(H,25,26)(H,27,28,29)(H,30,31,32). The number of hydrogen-bond acceptors (Lipinski definition) is 10. The number of phenolic OH excluding ortho intramolecular Hbond substituents is 2. The van der Waals surface area contributed by atoms with Crippen LogP contribution in [0.25, 0.3) is 0 Å². The van der Waals surface area contributed by atoms with Gasteiger partial charge in [0.05, 0.1) is 0 Å². The SMILES string of the molecule is O=C(O)C(NCCNC(C(=O)O)c1c(O)cccc1S(=O)(=O)O)c1c(O)cccc1S(=O)(=O)O. The third kappa shape index (κ3) is 6.19. The van der Waals surface area contributed by atoms with Crippen molar-refractivity contribution >= 4 is 32.2 Å². The van der Waals surface area contributed by atoms with Crippen LogP contribution in [-0.4, -0.2) is 71.4 Å². The fraction of sp³-hybridized carbons (Fsp3) is 0.222. The van der Waals surface area contributed by atoms with Gasteiger partial charge < -0.3 is 20.4 Å². The predicted molar refractivity (Wildman–Crippen MR) is 113 cm³/mol. The molecule has 2 unspecified atom stereocenters. The Kier molecular flexibility index (Phi) is 8.19. The second-order valence-electron chi connectivity index (χ2n) is 6.78. The van der Waals surface area contributed by atoms with Gasteiger partial charge in [-0.15, -0.1) is 0 Å². The molecule has 0 saturated carbocycles. The number of aliphatic carboxylic acids is 2. The Morgan fingerprint density at radius 1 is 0.706 bits per heavy atom. The number of carboxylic acids is 2. The molecule has 2 rings (SSSR count). The smallest absolute Gasteiger partial charge is 0.325 e. The Hall–Kier alpha value is -3.28. The highest BCUT2D eigenvalue weighted by Crippen LogP contribution is 2.32. The minimum Gasteiger partial charge on any atom is -0.508 e. The minimum absolute atomic E-state index is 0.380. The van der Waals surface area contributed by atoms with Gasteiger partial charge in [0.15, 0.2) is 0 Å². The molecule has 16 heteroatoms. The molecule has 2 aromatic rings. The Balaban J connectivity index is 2.29. The van der Waals surface area contributed by atoms with Gasteiger partial charge in [0.1, 0.15) is 33.4 Å². The van der Waals surface area contributed by atoms with E-state index in [2.05, 4.69) is 10.6 Å². The number of hydrogen-bond donors (Lipinski definition) is 8. The molecule has 2 atom stereocenters. The summed E-state index contributed by atoms with van der Waals surface area (Å²) in [6.07, 6.45) is 0. The van der Waals surface area contributed by atoms with Crippen LogP contribution in [-0.2, 0) is 29.8 Å². The van der Waals surface area contributed by atoms with E-state index in [0.29, 0.717) is 0 Å². The predicted octanol–water partition coefficient (Wildman–Crippen LogP) is -0.278. The number of aromatic hydroxyl groups is 2. The van der Waals surface area contributed by atoms with Crippen LogP contribution in [0.4, 0.5) is 0 Å². The molecule has 0 radical (unpaired) electrons. The van der Waals surface area contributed by atoms with Crippen molar-refractivity contribution in [1.82, 2.24) is 10.6 Å². The molecule has 8 N–H and O–H groups in total. The van der Waals surface area contributed by atoms with Gasteiger partial charge in [-0.2, -0.15) is 16.8 Å². The minimum atomic E-state index is -4.91. The second kappa shape index (κ2) is 10.3. The zero-order valence-electron chi connectivity index (χ0n) is 17.0. The monoisotopic (exact) mass is 520 g/mol. The zero-order valence-corrected chi connectivity index (χ0v) is 18.6. The highest BCUT2D eigenvalue weighted by atomic mass is 32.2. The van der Waals surface area contributed by atoms with Crippen molar-refractivity contribution in [2.45, 2.75) is 21.9 Å². The molecule has 14 nitrogen and oxygen atoms in total. The van der Waals surface area contributed by atoms with E-state index in [0.717, 1.165) is 36.4 Å². The first-order valence-electron chi connectivity index (χ1n) is 9.17. The lowest BCUT2D eigenvalue weighted by Crippen LogP contribution is -2.38. The van der Waals surface area contributed by atoms with Crippen molar-refractivity contribution in [1.29, 1.82) is 0 Å². The highest BCUT2D eigenvalue weighted by Gasteiger charge is 2.32. The van der Waals surface area contributed by atoms with E-state index in [9.17, 15) is 56.0 Å². The molecule has 0 saturated heterocycles. The maximum absolute atomic E-state index is 11.7. The van der Waals surface area contributed by atoms with Crippen molar-refractivity contribution in [2.75, 3.05) is 13.1 Å². The van der Waals surface area contributed by atoms with Crippen LogP contribution < -0.4 is 10.6 Å². The molecule has 0 heterocycles. The molecular weight excluding hydrogens is 500 g/mol. The fourth-order valence-corrected chi connectivity index (χ4v) is 4.66. The summed E-state index contributed by atoms with van der Waals surface area (Å²) in [7, 11) is -9.83. The largest absolute Gasteiger partial charge is 0.508 e. The quantitative estimate of drug-likeness (QED) is 0.140. The van der Waals surface area contributed by atoms with Crippen molar-refractivity contribution in [3.63, 3.8) is 0 Å². The van der Waals surface area contributed by atoms with Crippen LogP contribution in [0.3, 0.4) is 0 Å². The number of nitrogens with one attached hydrogen (secondary N) is 2. The van der Waals surface area contributed by atoms with Crippen LogP contribution in [0.15, 0.2) is 46.2 Å². The number of rotatable bonds is 11. The average Bonchev–Trinajstić information content (AvgIpc) is 2.69. The Labute approximate surface area is 193 Å². The summed E-state index contributed by atoms with van der Waals surface area (Å²) in [4.78, 5) is 21.7. The molecule has 0 spiro atoms. The molecule has 0 aliphatic carbocycles. The summed E-state index contributed by atoms with van der Waals surface area (Å²) in [6.45, 7) is -0.760. The van der Waals surface area contributed by atoms with Crippen LogP contribution in [0.1, 0.15) is 23.2 Å². The second-order valence-corrected chi connectivity index (χ2v) is 9.56. The number of carboxylic acid groups (broad SMARTS) is 2. The lowest BCUT2D eigenvalue weighted by atomic mass is 10.0. The molecule has 186 valence electrons. The van der Waals surface area contributed by atoms with Crippen LogP contribution in [0, 0.1) is 0 Å². The van der Waals surface area contributed by atoms with E-state index in [1.54, 1.807) is 0 Å². The lowest BCUT2D eigenvalue weighted by Gasteiger charge is -2.21. The van der Waals surface area contributed by atoms with Crippen LogP contribution in [0.5, 0.6) is 11.5 Å². The first kappa shape index (κ1) is 27.0. The summed E-state index contributed by atoms with van der Waals surface area (Å²) in [5.74, 6) is -4.79. The Bertz CT molecular complexity index is 1210. The fourth-order valence-electron chi connectivity index (χ4n) is 3.15. The molecule has 0 bridgehead atoms. The molecule has 0 amide bonds. The summed E-state index contributed by atoms with van der Waals surface area (Å²) < 4.78 is 65.0. The van der Waals surface area contributed by atoms with Gasteiger partial charge in [-0.1, -0.05) is 12.1 Å². The summed E-state index contributed by atoms with van der Waals surface area (Å²) in [6, 6.07) is 2.15. The van der Waals surface area contributed by atoms with Gasteiger partial charge in [-0.25, -0.2) is 0 Å². The van der Waals surface area contributed by atoms with Crippen LogP contribution >= 0.6 is 0 Å². The van der Waals surface area contributed by atoms with Crippen molar-refractivity contribution in [2.24, 2.45) is 0 Å². The van der Waals surface area contributed by atoms with Gasteiger partial charge in [-0.05, 0) is 24.3 Å². The highest BCUT2D eigenvalue weighted by molar-refractivity contribution is 7.86. The number of carbonyl (C=O) groups is 2. The number of benzene rings is 2. The molecule has 34 heavy (non-hydrogen) atoms. The van der Waals surface area contributed by atoms with Gasteiger partial charge in [0.25, 0.3) is 20.2 Å². The maximum atomic E-state index is 11.7. The summed E-state index contributed by atoms with van der Waals surface area (Å²) >= 11 is 0. The van der Waals surface area contributed by atoms with Crippen molar-refractivity contribution in [3.8, 4) is 11.5 Å². The normalized spacial score (nSPS) is 13.8. The van der Waals surface area contributed by atoms with E-state index in [1.165, 1.54) is 0 Å². The molecule has 0 aliphatic heterocycles. The Morgan fingerprint density at radius 2 is 1.03 bits per heavy atom. The summed E-state index contributed by atoms with van der Waals surface area (Å²) in [5, 5.41) is 43.7. The van der Waals surface area contributed by atoms with E-state index < -0.39 is 76.7 Å². The topological polar surface area (TPSA) is 248 Å². The first-order valence-corrected chi connectivity index (χ1v) is 12.1. The van der Waals surface area contributed by atoms with Gasteiger partial charge in [-0.3, -0.25) is 29.3 Å². The average molecular weight is 520 g/mol. The molecule has 2 aromatic carbocycles. The lowest BCUT2D eigenvalue weighted by molar-refractivity contribution is -0.141. The molecule has 0 fully saturated rings. The van der Waals surface area contributed by atoms with Crippen molar-refractivity contribution in [3.05, 3.63) is 47.5 Å². The maximum Gasteiger partial charge on any atom is 0.325 e. The molecule has 0 aromatic heterocycles. The van der Waals surface area contributed by atoms with E-state index in [1.807, 2.05) is 0 Å². The molecular formula is C18H20N2O12S2. The van der Waals surface area contributed by atoms with Crippen LogP contribution in [0.2, 0.25) is 0 Å². The summed E-state index contributed by atoms with van der Waals surface area (Å²) in [5.41, 5.74) is -1.33. The van der Waals surface area contributed by atoms with E-state index in [4.69, 9.17) is 0 Å². The third-order valence-electron chi connectivity index (χ3n) is 4.54. The third-order valence-corrected chi connectivity index (χ3v) is 6.36. The first-order chi connectivity index (χ1) is 15.7. The van der Waals surface area contributed by atoms with Crippen molar-refractivity contribution < 1.29 is 56.0 Å². The van der Waals surface area contributed by atoms with Gasteiger partial charge in [0.2, 0.25) is 0 Å². The number of phenols is 2. The van der Waals surface area contributed by atoms with Gasteiger partial charge in [0, 0.05) is 24.2 Å². The van der Waals surface area contributed by atoms with Gasteiger partial charge >= 0.3 is 11.9 Å². The van der Waals surface area contributed by atoms with E-state index >= 15 is 0 Å². The molecule has 0 aliphatic rings. The van der Waals surface area contributed by atoms with E-state index in [-0.39, 0.29) is 13.1 Å². The zero-order chi connectivity index (χ0) is 25.8.